The van der Waals surface area contributed by atoms with Crippen molar-refractivity contribution in [2.45, 2.75) is 25.8 Å². The molecule has 1 amide bonds. The summed E-state index contributed by atoms with van der Waals surface area (Å²) in [5.41, 5.74) is 2.15. The fourth-order valence-corrected chi connectivity index (χ4v) is 5.52. The summed E-state index contributed by atoms with van der Waals surface area (Å²) in [6.45, 7) is 5.43. The van der Waals surface area contributed by atoms with Crippen LogP contribution in [-0.2, 0) is 14.6 Å². The second-order valence-corrected chi connectivity index (χ2v) is 9.58. The van der Waals surface area contributed by atoms with E-state index in [1.165, 1.54) is 0 Å². The van der Waals surface area contributed by atoms with Crippen LogP contribution in [0.3, 0.4) is 0 Å². The third-order valence-electron chi connectivity index (χ3n) is 5.31. The maximum Gasteiger partial charge on any atom is 0.236 e. The van der Waals surface area contributed by atoms with E-state index >= 15 is 0 Å². The maximum atomic E-state index is 12.7. The number of anilines is 1. The molecule has 2 saturated heterocycles. The SMILES string of the molecule is Cc1cc(N2CCCN(C(=O)CN(C)C3CCS(=O)(=O)C3)CC2)ccn1. The smallest absolute Gasteiger partial charge is 0.236 e. The average molecular weight is 381 g/mol. The number of pyridine rings is 1. The molecule has 7 nitrogen and oxygen atoms in total. The molecule has 0 aliphatic carbocycles. The van der Waals surface area contributed by atoms with Gasteiger partial charge < -0.3 is 9.80 Å². The lowest BCUT2D eigenvalue weighted by atomic mass is 10.2. The molecule has 0 N–H and O–H groups in total. The van der Waals surface area contributed by atoms with Gasteiger partial charge in [-0.05, 0) is 38.9 Å². The zero-order valence-electron chi connectivity index (χ0n) is 15.6. The molecule has 1 aromatic heterocycles. The number of rotatable bonds is 4. The van der Waals surface area contributed by atoms with Crippen LogP contribution in [0.1, 0.15) is 18.5 Å². The van der Waals surface area contributed by atoms with Gasteiger partial charge in [0.15, 0.2) is 9.84 Å². The number of aryl methyl sites for hydroxylation is 1. The first kappa shape index (κ1) is 19.1. The van der Waals surface area contributed by atoms with Crippen molar-refractivity contribution in [2.24, 2.45) is 0 Å². The van der Waals surface area contributed by atoms with Gasteiger partial charge in [-0.15, -0.1) is 0 Å². The zero-order valence-corrected chi connectivity index (χ0v) is 16.4. The molecule has 0 saturated carbocycles. The maximum absolute atomic E-state index is 12.7. The molecule has 26 heavy (non-hydrogen) atoms. The van der Waals surface area contributed by atoms with E-state index in [1.807, 2.05) is 36.0 Å². The van der Waals surface area contributed by atoms with Crippen molar-refractivity contribution in [3.8, 4) is 0 Å². The fraction of sp³-hybridized carbons (Fsp3) is 0.667. The molecule has 144 valence electrons. The van der Waals surface area contributed by atoms with E-state index in [1.54, 1.807) is 0 Å². The van der Waals surface area contributed by atoms with Crippen LogP contribution in [-0.4, -0.2) is 86.4 Å². The number of carbonyl (C=O) groups is 1. The molecule has 0 aromatic carbocycles. The topological polar surface area (TPSA) is 73.8 Å². The van der Waals surface area contributed by atoms with Crippen LogP contribution in [0, 0.1) is 6.92 Å². The Bertz CT molecular complexity index is 753. The normalized spacial score (nSPS) is 23.3. The monoisotopic (exact) mass is 380 g/mol. The second-order valence-electron chi connectivity index (χ2n) is 7.35. The number of nitrogens with zero attached hydrogens (tertiary/aromatic N) is 4. The Hall–Kier alpha value is -1.67. The zero-order chi connectivity index (χ0) is 18.7. The summed E-state index contributed by atoms with van der Waals surface area (Å²) in [6.07, 6.45) is 3.37. The highest BCUT2D eigenvalue weighted by Gasteiger charge is 2.32. The van der Waals surface area contributed by atoms with Crippen LogP contribution >= 0.6 is 0 Å². The van der Waals surface area contributed by atoms with Crippen LogP contribution in [0.2, 0.25) is 0 Å². The van der Waals surface area contributed by atoms with Crippen LogP contribution < -0.4 is 4.90 Å². The van der Waals surface area contributed by atoms with Crippen molar-refractivity contribution >= 4 is 21.4 Å². The lowest BCUT2D eigenvalue weighted by Crippen LogP contribution is -2.44. The van der Waals surface area contributed by atoms with Gasteiger partial charge in [0.1, 0.15) is 0 Å². The predicted octanol–water partition coefficient (Wildman–Crippen LogP) is 0.548. The quantitative estimate of drug-likeness (QED) is 0.759. The number of sulfone groups is 1. The van der Waals surface area contributed by atoms with Crippen molar-refractivity contribution in [2.75, 3.05) is 56.2 Å². The van der Waals surface area contributed by atoms with Crippen molar-refractivity contribution in [3.05, 3.63) is 24.0 Å². The first-order chi connectivity index (χ1) is 12.3. The highest BCUT2D eigenvalue weighted by atomic mass is 32.2. The summed E-state index contributed by atoms with van der Waals surface area (Å²) in [6, 6.07) is 4.05. The number of aromatic nitrogens is 1. The molecule has 2 aliphatic rings. The summed E-state index contributed by atoms with van der Waals surface area (Å²) >= 11 is 0. The summed E-state index contributed by atoms with van der Waals surface area (Å²) < 4.78 is 23.3. The van der Waals surface area contributed by atoms with Gasteiger partial charge in [0.25, 0.3) is 0 Å². The molecule has 1 aromatic rings. The van der Waals surface area contributed by atoms with E-state index in [0.717, 1.165) is 37.4 Å². The van der Waals surface area contributed by atoms with Gasteiger partial charge in [-0.1, -0.05) is 0 Å². The molecular formula is C18H28N4O3S. The fourth-order valence-electron chi connectivity index (χ4n) is 3.72. The number of hydrogen-bond donors (Lipinski definition) is 0. The molecule has 0 bridgehead atoms. The first-order valence-corrected chi connectivity index (χ1v) is 11.0. The summed E-state index contributed by atoms with van der Waals surface area (Å²) in [4.78, 5) is 23.0. The molecule has 8 heteroatoms. The Labute approximate surface area is 155 Å². The van der Waals surface area contributed by atoms with E-state index < -0.39 is 9.84 Å². The summed E-state index contributed by atoms with van der Waals surface area (Å²) in [5, 5.41) is 0. The molecular weight excluding hydrogens is 352 g/mol. The van der Waals surface area contributed by atoms with E-state index in [0.29, 0.717) is 13.0 Å². The highest BCUT2D eigenvalue weighted by Crippen LogP contribution is 2.18. The van der Waals surface area contributed by atoms with Gasteiger partial charge in [-0.25, -0.2) is 8.42 Å². The standard InChI is InChI=1S/C18H28N4O3S/c1-15-12-16(4-6-19-15)21-7-3-8-22(10-9-21)18(23)13-20(2)17-5-11-26(24,25)14-17/h4,6,12,17H,3,5,7-11,13-14H2,1-2H3. The molecule has 2 aliphatic heterocycles. The number of carbonyl (C=O) groups excluding carboxylic acids is 1. The molecule has 0 radical (unpaired) electrons. The lowest BCUT2D eigenvalue weighted by Gasteiger charge is -2.27. The van der Waals surface area contributed by atoms with Crippen molar-refractivity contribution < 1.29 is 13.2 Å². The number of likely N-dealkylation sites (N-methyl/N-ethyl adjacent to an activating group) is 1. The Morgan fingerprint density at radius 3 is 2.81 bits per heavy atom. The van der Waals surface area contributed by atoms with Gasteiger partial charge in [-0.2, -0.15) is 0 Å². The third kappa shape index (κ3) is 4.73. The minimum absolute atomic E-state index is 0.0350. The Kier molecular flexibility index (Phi) is 5.82. The van der Waals surface area contributed by atoms with E-state index in [4.69, 9.17) is 0 Å². The van der Waals surface area contributed by atoms with Gasteiger partial charge in [0.2, 0.25) is 5.91 Å². The van der Waals surface area contributed by atoms with Crippen molar-refractivity contribution in [1.82, 2.24) is 14.8 Å². The number of hydrogen-bond acceptors (Lipinski definition) is 6. The van der Waals surface area contributed by atoms with Crippen molar-refractivity contribution in [3.63, 3.8) is 0 Å². The average Bonchev–Trinajstić information content (AvgIpc) is 2.81. The Morgan fingerprint density at radius 2 is 2.12 bits per heavy atom. The van der Waals surface area contributed by atoms with E-state index in [-0.39, 0.29) is 30.0 Å². The third-order valence-corrected chi connectivity index (χ3v) is 7.06. The van der Waals surface area contributed by atoms with Crippen molar-refractivity contribution in [1.29, 1.82) is 0 Å². The molecule has 1 unspecified atom stereocenters. The highest BCUT2D eigenvalue weighted by molar-refractivity contribution is 7.91. The second kappa shape index (κ2) is 7.92. The van der Waals surface area contributed by atoms with E-state index in [9.17, 15) is 13.2 Å². The predicted molar refractivity (Wildman–Crippen MR) is 102 cm³/mol. The van der Waals surface area contributed by atoms with Crippen LogP contribution in [0.4, 0.5) is 5.69 Å². The number of amides is 1. The molecule has 0 spiro atoms. The molecule has 3 rings (SSSR count). The first-order valence-electron chi connectivity index (χ1n) is 9.20. The summed E-state index contributed by atoms with van der Waals surface area (Å²) in [7, 11) is -1.07. The van der Waals surface area contributed by atoms with Gasteiger partial charge in [-0.3, -0.25) is 14.7 Å². The van der Waals surface area contributed by atoms with Crippen LogP contribution in [0.5, 0.6) is 0 Å². The van der Waals surface area contributed by atoms with Crippen LogP contribution in [0.15, 0.2) is 18.3 Å². The van der Waals surface area contributed by atoms with Gasteiger partial charge >= 0.3 is 0 Å². The van der Waals surface area contributed by atoms with Gasteiger partial charge in [0, 0.05) is 49.8 Å². The summed E-state index contributed by atoms with van der Waals surface area (Å²) in [5.74, 6) is 0.496. The molecule has 2 fully saturated rings. The largest absolute Gasteiger partial charge is 0.370 e. The van der Waals surface area contributed by atoms with Crippen LogP contribution in [0.25, 0.3) is 0 Å². The lowest BCUT2D eigenvalue weighted by molar-refractivity contribution is -0.132. The Balaban J connectivity index is 1.54. The Morgan fingerprint density at radius 1 is 1.31 bits per heavy atom. The molecule has 3 heterocycles. The minimum Gasteiger partial charge on any atom is -0.370 e. The minimum atomic E-state index is -2.93. The molecule has 1 atom stereocenters. The van der Waals surface area contributed by atoms with Gasteiger partial charge in [0.05, 0.1) is 18.1 Å². The van der Waals surface area contributed by atoms with E-state index in [2.05, 4.69) is 16.0 Å².